The Morgan fingerprint density at radius 2 is 2.26 bits per heavy atom. The van der Waals surface area contributed by atoms with Gasteiger partial charge in [-0.3, -0.25) is 4.79 Å². The molecule has 0 saturated carbocycles. The van der Waals surface area contributed by atoms with Crippen molar-refractivity contribution in [2.75, 3.05) is 19.6 Å². The molecule has 1 atom stereocenters. The first-order chi connectivity index (χ1) is 9.08. The quantitative estimate of drug-likeness (QED) is 0.849. The topological polar surface area (TPSA) is 41.1 Å². The fourth-order valence-corrected chi connectivity index (χ4v) is 2.30. The van der Waals surface area contributed by atoms with Gasteiger partial charge < -0.3 is 10.6 Å². The van der Waals surface area contributed by atoms with E-state index in [0.717, 1.165) is 30.6 Å². The molecule has 0 spiro atoms. The molecule has 1 aliphatic heterocycles. The van der Waals surface area contributed by atoms with E-state index in [-0.39, 0.29) is 17.6 Å². The minimum atomic E-state index is -0.212. The Labute approximate surface area is 113 Å². The summed E-state index contributed by atoms with van der Waals surface area (Å²) in [6.07, 6.45) is 0.744. The van der Waals surface area contributed by atoms with Crippen LogP contribution in [-0.2, 0) is 11.2 Å². The van der Waals surface area contributed by atoms with Crippen molar-refractivity contribution in [3.8, 4) is 0 Å². The summed E-state index contributed by atoms with van der Waals surface area (Å²) in [4.78, 5) is 11.9. The molecule has 19 heavy (non-hydrogen) atoms. The first-order valence-corrected chi connectivity index (χ1v) is 6.81. The molecule has 1 heterocycles. The number of hydrogen-bond acceptors (Lipinski definition) is 2. The van der Waals surface area contributed by atoms with E-state index in [0.29, 0.717) is 12.5 Å². The SMILES string of the molecule is Cc1cc(F)ccc1CCNC(=O)C(C)C1CNC1. The van der Waals surface area contributed by atoms with Gasteiger partial charge in [0.1, 0.15) is 5.82 Å². The minimum absolute atomic E-state index is 0.0653. The zero-order valence-electron chi connectivity index (χ0n) is 11.5. The van der Waals surface area contributed by atoms with Crippen molar-refractivity contribution in [2.24, 2.45) is 11.8 Å². The Hall–Kier alpha value is -1.42. The smallest absolute Gasteiger partial charge is 0.223 e. The Balaban J connectivity index is 1.77. The van der Waals surface area contributed by atoms with Crippen molar-refractivity contribution in [1.82, 2.24) is 10.6 Å². The first-order valence-electron chi connectivity index (χ1n) is 6.81. The van der Waals surface area contributed by atoms with Gasteiger partial charge in [0, 0.05) is 12.5 Å². The number of hydrogen-bond donors (Lipinski definition) is 2. The van der Waals surface area contributed by atoms with Crippen LogP contribution in [0.15, 0.2) is 18.2 Å². The van der Waals surface area contributed by atoms with Gasteiger partial charge in [0.05, 0.1) is 0 Å². The molecular weight excluding hydrogens is 243 g/mol. The Morgan fingerprint density at radius 3 is 2.84 bits per heavy atom. The van der Waals surface area contributed by atoms with Crippen molar-refractivity contribution in [2.45, 2.75) is 20.3 Å². The fraction of sp³-hybridized carbons (Fsp3) is 0.533. The molecule has 104 valence electrons. The Morgan fingerprint density at radius 1 is 1.53 bits per heavy atom. The van der Waals surface area contributed by atoms with Crippen LogP contribution in [0.5, 0.6) is 0 Å². The summed E-state index contributed by atoms with van der Waals surface area (Å²) in [7, 11) is 0. The highest BCUT2D eigenvalue weighted by Gasteiger charge is 2.28. The van der Waals surface area contributed by atoms with Gasteiger partial charge in [-0.1, -0.05) is 13.0 Å². The molecule has 1 unspecified atom stereocenters. The summed E-state index contributed by atoms with van der Waals surface area (Å²) in [5.41, 5.74) is 2.02. The van der Waals surface area contributed by atoms with Gasteiger partial charge in [0.2, 0.25) is 5.91 Å². The van der Waals surface area contributed by atoms with E-state index in [1.54, 1.807) is 6.07 Å². The van der Waals surface area contributed by atoms with Gasteiger partial charge in [0.15, 0.2) is 0 Å². The molecule has 3 nitrogen and oxygen atoms in total. The molecule has 1 fully saturated rings. The van der Waals surface area contributed by atoms with E-state index in [1.807, 2.05) is 13.8 Å². The highest BCUT2D eigenvalue weighted by Crippen LogP contribution is 2.16. The van der Waals surface area contributed by atoms with Gasteiger partial charge in [-0.2, -0.15) is 0 Å². The number of nitrogens with one attached hydrogen (secondary N) is 2. The van der Waals surface area contributed by atoms with Crippen molar-refractivity contribution in [3.05, 3.63) is 35.1 Å². The zero-order chi connectivity index (χ0) is 13.8. The highest BCUT2D eigenvalue weighted by molar-refractivity contribution is 5.78. The summed E-state index contributed by atoms with van der Waals surface area (Å²) in [6.45, 7) is 6.35. The van der Waals surface area contributed by atoms with Crippen molar-refractivity contribution >= 4 is 5.91 Å². The normalized spacial score (nSPS) is 16.8. The van der Waals surface area contributed by atoms with Crippen molar-refractivity contribution < 1.29 is 9.18 Å². The van der Waals surface area contributed by atoms with Crippen LogP contribution in [0.4, 0.5) is 4.39 Å². The van der Waals surface area contributed by atoms with Gasteiger partial charge >= 0.3 is 0 Å². The Kier molecular flexibility index (Phi) is 4.53. The second kappa shape index (κ2) is 6.15. The van der Waals surface area contributed by atoms with E-state index in [9.17, 15) is 9.18 Å². The maximum absolute atomic E-state index is 13.0. The molecule has 1 saturated heterocycles. The zero-order valence-corrected chi connectivity index (χ0v) is 11.5. The number of carbonyl (C=O) groups excluding carboxylic acids is 1. The van der Waals surface area contributed by atoms with E-state index in [2.05, 4.69) is 10.6 Å². The third-order valence-corrected chi connectivity index (χ3v) is 3.93. The molecule has 1 aliphatic rings. The van der Waals surface area contributed by atoms with Crippen LogP contribution in [0.2, 0.25) is 0 Å². The summed E-state index contributed by atoms with van der Waals surface area (Å²) in [6, 6.07) is 4.78. The summed E-state index contributed by atoms with van der Waals surface area (Å²) < 4.78 is 13.0. The van der Waals surface area contributed by atoms with Crippen LogP contribution in [0.25, 0.3) is 0 Å². The second-order valence-corrected chi connectivity index (χ2v) is 5.32. The van der Waals surface area contributed by atoms with Gasteiger partial charge in [0.25, 0.3) is 0 Å². The lowest BCUT2D eigenvalue weighted by molar-refractivity contribution is -0.126. The van der Waals surface area contributed by atoms with E-state index in [4.69, 9.17) is 0 Å². The minimum Gasteiger partial charge on any atom is -0.356 e. The predicted molar refractivity (Wildman–Crippen MR) is 73.4 cm³/mol. The fourth-order valence-electron chi connectivity index (χ4n) is 2.30. The molecule has 2 rings (SSSR count). The molecule has 0 radical (unpaired) electrons. The molecule has 2 N–H and O–H groups in total. The number of amides is 1. The van der Waals surface area contributed by atoms with Crippen molar-refractivity contribution in [3.63, 3.8) is 0 Å². The van der Waals surface area contributed by atoms with Gasteiger partial charge in [-0.05, 0) is 55.6 Å². The molecule has 0 bridgehead atoms. The third-order valence-electron chi connectivity index (χ3n) is 3.93. The first kappa shape index (κ1) is 14.0. The van der Waals surface area contributed by atoms with Crippen LogP contribution in [0.3, 0.4) is 0 Å². The molecule has 1 aromatic carbocycles. The van der Waals surface area contributed by atoms with E-state index in [1.165, 1.54) is 12.1 Å². The second-order valence-electron chi connectivity index (χ2n) is 5.32. The largest absolute Gasteiger partial charge is 0.356 e. The lowest BCUT2D eigenvalue weighted by Crippen LogP contribution is -2.49. The summed E-state index contributed by atoms with van der Waals surface area (Å²) in [5, 5.41) is 6.14. The van der Waals surface area contributed by atoms with E-state index >= 15 is 0 Å². The molecule has 1 amide bonds. The van der Waals surface area contributed by atoms with Crippen LogP contribution in [-0.4, -0.2) is 25.5 Å². The summed E-state index contributed by atoms with van der Waals surface area (Å²) in [5.74, 6) is 0.436. The highest BCUT2D eigenvalue weighted by atomic mass is 19.1. The molecule has 0 aromatic heterocycles. The van der Waals surface area contributed by atoms with Gasteiger partial charge in [-0.25, -0.2) is 4.39 Å². The van der Waals surface area contributed by atoms with Crippen LogP contribution < -0.4 is 10.6 Å². The van der Waals surface area contributed by atoms with Crippen LogP contribution in [0.1, 0.15) is 18.1 Å². The molecule has 1 aromatic rings. The van der Waals surface area contributed by atoms with E-state index < -0.39 is 0 Å². The number of aryl methyl sites for hydroxylation is 1. The predicted octanol–water partition coefficient (Wildman–Crippen LogP) is 1.65. The molecule has 0 aliphatic carbocycles. The Bertz CT molecular complexity index is 457. The summed E-state index contributed by atoms with van der Waals surface area (Å²) >= 11 is 0. The third kappa shape index (κ3) is 3.53. The molecule has 4 heteroatoms. The lowest BCUT2D eigenvalue weighted by atomic mass is 9.88. The van der Waals surface area contributed by atoms with Crippen molar-refractivity contribution in [1.29, 1.82) is 0 Å². The monoisotopic (exact) mass is 264 g/mol. The van der Waals surface area contributed by atoms with Crippen LogP contribution >= 0.6 is 0 Å². The average Bonchev–Trinajstić information content (AvgIpc) is 2.29. The molecular formula is C15H21FN2O. The number of carbonyl (C=O) groups is 1. The van der Waals surface area contributed by atoms with Crippen LogP contribution in [0, 0.1) is 24.6 Å². The maximum atomic E-state index is 13.0. The number of benzene rings is 1. The average molecular weight is 264 g/mol. The lowest BCUT2D eigenvalue weighted by Gasteiger charge is -2.31. The standard InChI is InChI=1S/C15H21FN2O/c1-10-7-14(16)4-3-12(10)5-6-18-15(19)11(2)13-8-17-9-13/h3-4,7,11,13,17H,5-6,8-9H2,1-2H3,(H,18,19). The number of halogens is 1. The number of rotatable bonds is 5. The van der Waals surface area contributed by atoms with Gasteiger partial charge in [-0.15, -0.1) is 0 Å². The maximum Gasteiger partial charge on any atom is 0.223 e.